The SMILES string of the molecule is CN(C)c1ccc(C=C2SC(=S)NC2=O)s1. The summed E-state index contributed by atoms with van der Waals surface area (Å²) in [5, 5.41) is 3.76. The Morgan fingerprint density at radius 3 is 2.69 bits per heavy atom. The van der Waals surface area contributed by atoms with Crippen molar-refractivity contribution in [1.29, 1.82) is 0 Å². The molecule has 2 rings (SSSR count). The molecular formula is C10H10N2OS3. The zero-order valence-corrected chi connectivity index (χ0v) is 11.3. The van der Waals surface area contributed by atoms with Crippen LogP contribution in [0, 0.1) is 0 Å². The van der Waals surface area contributed by atoms with E-state index in [9.17, 15) is 4.79 Å². The van der Waals surface area contributed by atoms with Gasteiger partial charge in [-0.25, -0.2) is 0 Å². The molecule has 1 fully saturated rings. The van der Waals surface area contributed by atoms with Crippen molar-refractivity contribution in [2.75, 3.05) is 19.0 Å². The summed E-state index contributed by atoms with van der Waals surface area (Å²) >= 11 is 7.88. The Labute approximate surface area is 108 Å². The van der Waals surface area contributed by atoms with Gasteiger partial charge in [0.05, 0.1) is 9.91 Å². The van der Waals surface area contributed by atoms with Gasteiger partial charge in [-0.3, -0.25) is 4.79 Å². The summed E-state index contributed by atoms with van der Waals surface area (Å²) in [5.74, 6) is -0.102. The Bertz CT molecular complexity index is 476. The van der Waals surface area contributed by atoms with Crippen LogP contribution in [-0.4, -0.2) is 24.3 Å². The first-order chi connectivity index (χ1) is 7.56. The molecule has 0 spiro atoms. The number of amides is 1. The van der Waals surface area contributed by atoms with Gasteiger partial charge < -0.3 is 10.2 Å². The number of thiophene rings is 1. The maximum atomic E-state index is 11.4. The van der Waals surface area contributed by atoms with E-state index >= 15 is 0 Å². The lowest BCUT2D eigenvalue weighted by Crippen LogP contribution is -2.17. The Kier molecular flexibility index (Phi) is 3.32. The van der Waals surface area contributed by atoms with E-state index in [0.29, 0.717) is 9.23 Å². The maximum Gasteiger partial charge on any atom is 0.263 e. The number of rotatable bonds is 2. The molecule has 1 amide bonds. The van der Waals surface area contributed by atoms with Gasteiger partial charge in [0.2, 0.25) is 0 Å². The average Bonchev–Trinajstić information content (AvgIpc) is 2.75. The van der Waals surface area contributed by atoms with E-state index in [-0.39, 0.29) is 5.91 Å². The number of carbonyl (C=O) groups excluding carboxylic acids is 1. The highest BCUT2D eigenvalue weighted by atomic mass is 32.2. The number of carbonyl (C=O) groups is 1. The van der Waals surface area contributed by atoms with Crippen molar-refractivity contribution in [3.05, 3.63) is 21.9 Å². The number of hydrogen-bond acceptors (Lipinski definition) is 5. The molecule has 6 heteroatoms. The number of thioether (sulfide) groups is 1. The Balaban J connectivity index is 2.22. The minimum Gasteiger partial charge on any atom is -0.370 e. The second kappa shape index (κ2) is 4.57. The highest BCUT2D eigenvalue weighted by Gasteiger charge is 2.22. The third-order valence-corrected chi connectivity index (χ3v) is 4.33. The molecule has 0 unspecified atom stereocenters. The van der Waals surface area contributed by atoms with Crippen LogP contribution in [0.25, 0.3) is 6.08 Å². The van der Waals surface area contributed by atoms with E-state index in [4.69, 9.17) is 12.2 Å². The molecule has 1 aliphatic rings. The number of nitrogens with one attached hydrogen (secondary N) is 1. The Hall–Kier alpha value is -0.850. The molecule has 16 heavy (non-hydrogen) atoms. The molecule has 1 N–H and O–H groups in total. The van der Waals surface area contributed by atoms with E-state index in [1.165, 1.54) is 11.8 Å². The van der Waals surface area contributed by atoms with E-state index in [2.05, 4.69) is 5.32 Å². The van der Waals surface area contributed by atoms with E-state index in [1.54, 1.807) is 11.3 Å². The largest absolute Gasteiger partial charge is 0.370 e. The first-order valence-electron chi connectivity index (χ1n) is 4.58. The number of nitrogens with zero attached hydrogens (tertiary/aromatic N) is 1. The number of thiocarbonyl (C=S) groups is 1. The molecule has 1 saturated heterocycles. The normalized spacial score (nSPS) is 18.0. The molecule has 1 aliphatic heterocycles. The van der Waals surface area contributed by atoms with Crippen molar-refractivity contribution < 1.29 is 4.79 Å². The van der Waals surface area contributed by atoms with Crippen LogP contribution in [0.4, 0.5) is 5.00 Å². The zero-order chi connectivity index (χ0) is 11.7. The molecule has 3 nitrogen and oxygen atoms in total. The van der Waals surface area contributed by atoms with Crippen LogP contribution < -0.4 is 10.2 Å². The third-order valence-electron chi connectivity index (χ3n) is 1.97. The van der Waals surface area contributed by atoms with Gasteiger partial charge in [-0.1, -0.05) is 24.0 Å². The van der Waals surface area contributed by atoms with Gasteiger partial charge in [-0.05, 0) is 18.2 Å². The molecule has 0 radical (unpaired) electrons. The van der Waals surface area contributed by atoms with Gasteiger partial charge in [0, 0.05) is 19.0 Å². The van der Waals surface area contributed by atoms with Crippen LogP contribution in [0.15, 0.2) is 17.0 Å². The smallest absolute Gasteiger partial charge is 0.263 e. The molecule has 0 saturated carbocycles. The topological polar surface area (TPSA) is 32.3 Å². The molecule has 0 aliphatic carbocycles. The third kappa shape index (κ3) is 2.45. The van der Waals surface area contributed by atoms with Crippen LogP contribution in [0.1, 0.15) is 4.88 Å². The van der Waals surface area contributed by atoms with Crippen molar-refractivity contribution in [3.63, 3.8) is 0 Å². The summed E-state index contributed by atoms with van der Waals surface area (Å²) in [4.78, 5) is 15.2. The van der Waals surface area contributed by atoms with Gasteiger partial charge in [0.15, 0.2) is 0 Å². The van der Waals surface area contributed by atoms with Crippen LogP contribution in [0.5, 0.6) is 0 Å². The zero-order valence-electron chi connectivity index (χ0n) is 8.81. The fourth-order valence-electron chi connectivity index (χ4n) is 1.21. The quantitative estimate of drug-likeness (QED) is 0.660. The van der Waals surface area contributed by atoms with Crippen LogP contribution in [-0.2, 0) is 4.79 Å². The Morgan fingerprint density at radius 1 is 1.44 bits per heavy atom. The highest BCUT2D eigenvalue weighted by Crippen LogP contribution is 2.30. The second-order valence-corrected chi connectivity index (χ2v) is 6.24. The second-order valence-electron chi connectivity index (χ2n) is 3.42. The monoisotopic (exact) mass is 270 g/mol. The van der Waals surface area contributed by atoms with E-state index in [1.807, 2.05) is 37.2 Å². The fourth-order valence-corrected chi connectivity index (χ4v) is 3.19. The van der Waals surface area contributed by atoms with Crippen molar-refractivity contribution in [2.24, 2.45) is 0 Å². The fraction of sp³-hybridized carbons (Fsp3) is 0.200. The molecular weight excluding hydrogens is 260 g/mol. The van der Waals surface area contributed by atoms with E-state index < -0.39 is 0 Å². The van der Waals surface area contributed by atoms with Crippen molar-refractivity contribution >= 4 is 56.6 Å². The van der Waals surface area contributed by atoms with E-state index in [0.717, 1.165) is 9.88 Å². The molecule has 1 aromatic heterocycles. The predicted molar refractivity (Wildman–Crippen MR) is 75.0 cm³/mol. The predicted octanol–water partition coefficient (Wildman–Crippen LogP) is 2.30. The Morgan fingerprint density at radius 2 is 2.19 bits per heavy atom. The summed E-state index contributed by atoms with van der Waals surface area (Å²) in [6, 6.07) is 4.04. The lowest BCUT2D eigenvalue weighted by molar-refractivity contribution is -0.115. The summed E-state index contributed by atoms with van der Waals surface area (Å²) in [6.07, 6.45) is 1.87. The van der Waals surface area contributed by atoms with Crippen LogP contribution in [0.2, 0.25) is 0 Å². The summed E-state index contributed by atoms with van der Waals surface area (Å²) in [6.45, 7) is 0. The highest BCUT2D eigenvalue weighted by molar-refractivity contribution is 8.26. The van der Waals surface area contributed by atoms with Crippen molar-refractivity contribution in [2.45, 2.75) is 0 Å². The standard InChI is InChI=1S/C10H10N2OS3/c1-12(2)8-4-3-6(15-8)5-7-9(13)11-10(14)16-7/h3-5H,1-2H3,(H,11,13,14). The lowest BCUT2D eigenvalue weighted by atomic mass is 10.4. The molecule has 0 atom stereocenters. The number of anilines is 1. The van der Waals surface area contributed by atoms with Gasteiger partial charge in [0.25, 0.3) is 5.91 Å². The molecule has 1 aromatic rings. The molecule has 0 aromatic carbocycles. The van der Waals surface area contributed by atoms with Gasteiger partial charge in [-0.15, -0.1) is 11.3 Å². The van der Waals surface area contributed by atoms with Crippen molar-refractivity contribution in [3.8, 4) is 0 Å². The summed E-state index contributed by atoms with van der Waals surface area (Å²) in [7, 11) is 3.99. The minimum atomic E-state index is -0.102. The molecule has 2 heterocycles. The minimum absolute atomic E-state index is 0.102. The lowest BCUT2D eigenvalue weighted by Gasteiger charge is -2.06. The van der Waals surface area contributed by atoms with Crippen molar-refractivity contribution in [1.82, 2.24) is 5.32 Å². The average molecular weight is 270 g/mol. The summed E-state index contributed by atoms with van der Waals surface area (Å²) < 4.78 is 0.528. The van der Waals surface area contributed by atoms with Crippen LogP contribution in [0.3, 0.4) is 0 Å². The molecule has 0 bridgehead atoms. The van der Waals surface area contributed by atoms with Gasteiger partial charge in [0.1, 0.15) is 4.32 Å². The first kappa shape index (κ1) is 11.6. The van der Waals surface area contributed by atoms with Gasteiger partial charge in [-0.2, -0.15) is 0 Å². The molecule has 84 valence electrons. The van der Waals surface area contributed by atoms with Crippen LogP contribution >= 0.6 is 35.3 Å². The van der Waals surface area contributed by atoms with Gasteiger partial charge >= 0.3 is 0 Å². The first-order valence-corrected chi connectivity index (χ1v) is 6.62. The summed E-state index contributed by atoms with van der Waals surface area (Å²) in [5.41, 5.74) is 0. The maximum absolute atomic E-state index is 11.4. The number of hydrogen-bond donors (Lipinski definition) is 1.